The molecule has 1 aliphatic rings. The molecule has 14 heteroatoms. The number of aromatic nitrogens is 2. The number of ether oxygens (including phenoxy) is 1. The molecular weight excluding hydrogens is 506 g/mol. The molecule has 9 nitrogen and oxygen atoms in total. The molecule has 0 spiro atoms. The van der Waals surface area contributed by atoms with Crippen molar-refractivity contribution in [1.82, 2.24) is 9.97 Å². The van der Waals surface area contributed by atoms with Crippen LogP contribution in [0.15, 0.2) is 52.9 Å². The van der Waals surface area contributed by atoms with Gasteiger partial charge in [0.15, 0.2) is 11.6 Å². The average molecular weight is 524 g/mol. The van der Waals surface area contributed by atoms with Crippen molar-refractivity contribution in [2.24, 2.45) is 10.3 Å². The Morgan fingerprint density at radius 2 is 1.92 bits per heavy atom. The molecule has 1 aliphatic heterocycles. The van der Waals surface area contributed by atoms with E-state index in [2.05, 4.69) is 31.0 Å². The lowest BCUT2D eigenvalue weighted by Gasteiger charge is -2.27. The van der Waals surface area contributed by atoms with Gasteiger partial charge in [-0.3, -0.25) is 0 Å². The Hall–Kier alpha value is -3.84. The van der Waals surface area contributed by atoms with Gasteiger partial charge in [-0.25, -0.2) is 14.8 Å². The summed E-state index contributed by atoms with van der Waals surface area (Å²) in [5.74, 6) is -0.505. The smallest absolute Gasteiger partial charge is 0.378 e. The van der Waals surface area contributed by atoms with Crippen LogP contribution in [0.2, 0.25) is 5.02 Å². The zero-order valence-electron chi connectivity index (χ0n) is 18.4. The van der Waals surface area contributed by atoms with Crippen LogP contribution in [0.4, 0.5) is 46.4 Å². The van der Waals surface area contributed by atoms with Crippen molar-refractivity contribution in [2.75, 3.05) is 41.9 Å². The molecular formula is C22H18ClF4N7O2. The Morgan fingerprint density at radius 1 is 1.14 bits per heavy atom. The van der Waals surface area contributed by atoms with E-state index in [1.807, 2.05) is 0 Å². The summed E-state index contributed by atoms with van der Waals surface area (Å²) in [5, 5.41) is 9.64. The molecule has 0 amide bonds. The molecule has 0 unspecified atom stereocenters. The van der Waals surface area contributed by atoms with Crippen molar-refractivity contribution in [1.29, 1.82) is 0 Å². The highest BCUT2D eigenvalue weighted by Gasteiger charge is 2.30. The van der Waals surface area contributed by atoms with Crippen molar-refractivity contribution < 1.29 is 22.3 Å². The Labute approximate surface area is 207 Å². The number of hydrazone groups is 1. The second-order valence-electron chi connectivity index (χ2n) is 7.53. The maximum Gasteiger partial charge on any atom is 0.416 e. The van der Waals surface area contributed by atoms with Gasteiger partial charge in [0, 0.05) is 30.0 Å². The predicted molar refractivity (Wildman–Crippen MR) is 128 cm³/mol. The van der Waals surface area contributed by atoms with Crippen LogP contribution >= 0.6 is 11.6 Å². The van der Waals surface area contributed by atoms with Gasteiger partial charge in [-0.2, -0.15) is 23.3 Å². The normalized spacial score (nSPS) is 14.2. The zero-order chi connectivity index (χ0) is 25.7. The first-order chi connectivity index (χ1) is 17.2. The predicted octanol–water partition coefficient (Wildman–Crippen LogP) is 5.71. The number of benzene rings is 2. The standard InChI is InChI=1S/C22H18ClF4N7O2/c23-17-10-16(30-15-3-1-2-14(9-15)22(25,26)27)8-13(19(17)33-35)11-29-32-21-28-12-18(24)20(31-21)34-4-6-36-7-5-34/h1-3,8-12,30H,4-7H2,(H,28,31,32)/b29-11-. The molecule has 0 radical (unpaired) electrons. The first-order valence-corrected chi connectivity index (χ1v) is 10.9. The van der Waals surface area contributed by atoms with Gasteiger partial charge in [-0.15, -0.1) is 4.91 Å². The number of nitroso groups, excluding NO2 is 1. The molecule has 1 saturated heterocycles. The number of anilines is 4. The monoisotopic (exact) mass is 523 g/mol. The quantitative estimate of drug-likeness (QED) is 0.177. The van der Waals surface area contributed by atoms with Gasteiger partial charge >= 0.3 is 6.18 Å². The van der Waals surface area contributed by atoms with Gasteiger partial charge in [-0.05, 0) is 35.5 Å². The topological polar surface area (TPSA) is 104 Å². The van der Waals surface area contributed by atoms with Crippen molar-refractivity contribution in [2.45, 2.75) is 6.18 Å². The SMILES string of the molecule is O=Nc1c(Cl)cc(Nc2cccc(C(F)(F)F)c2)cc1/C=N\Nc1ncc(F)c(N2CCOCC2)n1. The third-order valence-electron chi connectivity index (χ3n) is 5.07. The third kappa shape index (κ3) is 6.04. The van der Waals surface area contributed by atoms with E-state index in [1.165, 1.54) is 30.5 Å². The number of morpholine rings is 1. The Morgan fingerprint density at radius 3 is 2.64 bits per heavy atom. The molecule has 2 aromatic carbocycles. The summed E-state index contributed by atoms with van der Waals surface area (Å²) in [5.41, 5.74) is 2.20. The summed E-state index contributed by atoms with van der Waals surface area (Å²) in [6.45, 7) is 1.82. The van der Waals surface area contributed by atoms with Crippen LogP contribution in [0.25, 0.3) is 0 Å². The van der Waals surface area contributed by atoms with Crippen LogP contribution in [-0.2, 0) is 10.9 Å². The molecule has 4 rings (SSSR count). The Balaban J connectivity index is 1.54. The van der Waals surface area contributed by atoms with Gasteiger partial charge < -0.3 is 15.0 Å². The highest BCUT2D eigenvalue weighted by atomic mass is 35.5. The molecule has 2 N–H and O–H groups in total. The second-order valence-corrected chi connectivity index (χ2v) is 7.93. The molecule has 188 valence electrons. The van der Waals surface area contributed by atoms with E-state index in [0.29, 0.717) is 32.0 Å². The molecule has 2 heterocycles. The van der Waals surface area contributed by atoms with Crippen molar-refractivity contribution in [3.63, 3.8) is 0 Å². The first kappa shape index (κ1) is 25.3. The van der Waals surface area contributed by atoms with E-state index in [1.54, 1.807) is 4.90 Å². The lowest BCUT2D eigenvalue weighted by Crippen LogP contribution is -2.37. The largest absolute Gasteiger partial charge is 0.416 e. The minimum absolute atomic E-state index is 0.000837. The van der Waals surface area contributed by atoms with Crippen LogP contribution in [-0.4, -0.2) is 42.5 Å². The number of nitrogens with one attached hydrogen (secondary N) is 2. The number of hydrogen-bond donors (Lipinski definition) is 2. The minimum atomic E-state index is -4.51. The molecule has 1 fully saturated rings. The second kappa shape index (κ2) is 10.8. The summed E-state index contributed by atoms with van der Waals surface area (Å²) in [4.78, 5) is 21.0. The number of alkyl halides is 3. The summed E-state index contributed by atoms with van der Waals surface area (Å²) in [6.07, 6.45) is -2.29. The highest BCUT2D eigenvalue weighted by Crippen LogP contribution is 2.35. The van der Waals surface area contributed by atoms with Gasteiger partial charge in [0.25, 0.3) is 0 Å². The number of hydrogen-bond acceptors (Lipinski definition) is 9. The van der Waals surface area contributed by atoms with E-state index in [0.717, 1.165) is 18.3 Å². The van der Waals surface area contributed by atoms with Gasteiger partial charge in [-0.1, -0.05) is 17.7 Å². The van der Waals surface area contributed by atoms with E-state index in [9.17, 15) is 22.5 Å². The molecule has 0 bridgehead atoms. The average Bonchev–Trinajstić information content (AvgIpc) is 2.85. The summed E-state index contributed by atoms with van der Waals surface area (Å²) < 4.78 is 58.5. The Kier molecular flexibility index (Phi) is 7.60. The highest BCUT2D eigenvalue weighted by molar-refractivity contribution is 6.34. The lowest BCUT2D eigenvalue weighted by atomic mass is 10.1. The maximum atomic E-state index is 14.2. The summed E-state index contributed by atoms with van der Waals surface area (Å²) in [7, 11) is 0. The van der Waals surface area contributed by atoms with Gasteiger partial charge in [0.05, 0.1) is 36.2 Å². The van der Waals surface area contributed by atoms with Crippen LogP contribution < -0.4 is 15.6 Å². The third-order valence-corrected chi connectivity index (χ3v) is 5.36. The molecule has 0 saturated carbocycles. The van der Waals surface area contributed by atoms with Gasteiger partial charge in [0.2, 0.25) is 5.95 Å². The van der Waals surface area contributed by atoms with Crippen molar-refractivity contribution >= 4 is 46.6 Å². The minimum Gasteiger partial charge on any atom is -0.378 e. The van der Waals surface area contributed by atoms with Crippen LogP contribution in [0.3, 0.4) is 0 Å². The van der Waals surface area contributed by atoms with E-state index in [4.69, 9.17) is 16.3 Å². The van der Waals surface area contributed by atoms with Crippen molar-refractivity contribution in [3.8, 4) is 0 Å². The molecule has 1 aromatic heterocycles. The molecule has 36 heavy (non-hydrogen) atoms. The van der Waals surface area contributed by atoms with E-state index >= 15 is 0 Å². The van der Waals surface area contributed by atoms with Crippen LogP contribution in [0.5, 0.6) is 0 Å². The fraction of sp³-hybridized carbons (Fsp3) is 0.227. The molecule has 0 aliphatic carbocycles. The maximum absolute atomic E-state index is 14.2. The fourth-order valence-corrected chi connectivity index (χ4v) is 3.66. The molecule has 0 atom stereocenters. The van der Waals surface area contributed by atoms with Crippen LogP contribution in [0.1, 0.15) is 11.1 Å². The summed E-state index contributed by atoms with van der Waals surface area (Å²) >= 11 is 6.15. The fourth-order valence-electron chi connectivity index (χ4n) is 3.40. The first-order valence-electron chi connectivity index (χ1n) is 10.5. The lowest BCUT2D eigenvalue weighted by molar-refractivity contribution is -0.137. The van der Waals surface area contributed by atoms with Crippen molar-refractivity contribution in [3.05, 3.63) is 69.5 Å². The number of nitrogens with zero attached hydrogens (tertiary/aromatic N) is 5. The number of halogens is 5. The number of rotatable bonds is 7. The molecule has 3 aromatic rings. The zero-order valence-corrected chi connectivity index (χ0v) is 19.1. The summed E-state index contributed by atoms with van der Waals surface area (Å²) in [6, 6.07) is 7.37. The Bertz CT molecular complexity index is 1280. The van der Waals surface area contributed by atoms with Gasteiger partial charge in [0.1, 0.15) is 5.69 Å². The van der Waals surface area contributed by atoms with Crippen LogP contribution in [0, 0.1) is 10.7 Å². The van der Waals surface area contributed by atoms with E-state index in [-0.39, 0.29) is 33.7 Å². The van der Waals surface area contributed by atoms with E-state index < -0.39 is 17.6 Å².